The maximum absolute atomic E-state index is 14.2. The minimum Gasteiger partial charge on any atom is -0.355 e. The van der Waals surface area contributed by atoms with Crippen molar-refractivity contribution in [2.24, 2.45) is 5.92 Å². The monoisotopic (exact) mass is 395 g/mol. The normalized spacial score (nSPS) is 18.0. The van der Waals surface area contributed by atoms with Gasteiger partial charge in [-0.25, -0.2) is 19.3 Å². The molecule has 2 fully saturated rings. The van der Waals surface area contributed by atoms with Crippen LogP contribution in [0.2, 0.25) is 0 Å². The van der Waals surface area contributed by atoms with Crippen LogP contribution < -0.4 is 15.5 Å². The minimum atomic E-state index is -0.500. The lowest BCUT2D eigenvalue weighted by atomic mass is 9.89. The molecule has 8 nitrogen and oxygen atoms in total. The zero-order valence-corrected chi connectivity index (χ0v) is 16.3. The molecule has 29 heavy (non-hydrogen) atoms. The quantitative estimate of drug-likeness (QED) is 0.687. The second kappa shape index (κ2) is 6.48. The van der Waals surface area contributed by atoms with Crippen molar-refractivity contribution < 1.29 is 9.18 Å². The van der Waals surface area contributed by atoms with Crippen LogP contribution in [-0.4, -0.2) is 50.9 Å². The summed E-state index contributed by atoms with van der Waals surface area (Å²) in [5.41, 5.74) is 1.75. The van der Waals surface area contributed by atoms with Crippen LogP contribution in [-0.2, 0) is 0 Å². The fourth-order valence-electron chi connectivity index (χ4n) is 4.06. The molecule has 0 spiro atoms. The van der Waals surface area contributed by atoms with Gasteiger partial charge >= 0.3 is 0 Å². The molecule has 5 rings (SSSR count). The lowest BCUT2D eigenvalue weighted by Gasteiger charge is -2.44. The third kappa shape index (κ3) is 3.11. The zero-order chi connectivity index (χ0) is 20.2. The lowest BCUT2D eigenvalue weighted by molar-refractivity contribution is 0.102. The number of hydrogen-bond acceptors (Lipinski definition) is 6. The number of halogens is 1. The Kier molecular flexibility index (Phi) is 4.02. The number of nitrogens with zero attached hydrogens (tertiary/aromatic N) is 5. The van der Waals surface area contributed by atoms with Crippen molar-refractivity contribution in [3.63, 3.8) is 0 Å². The van der Waals surface area contributed by atoms with Gasteiger partial charge in [-0.15, -0.1) is 0 Å². The highest BCUT2D eigenvalue weighted by Crippen LogP contribution is 2.46. The summed E-state index contributed by atoms with van der Waals surface area (Å²) in [5.74, 6) is 0.466. The molecular weight excluding hydrogens is 373 g/mol. The van der Waals surface area contributed by atoms with E-state index in [-0.39, 0.29) is 11.3 Å². The van der Waals surface area contributed by atoms with E-state index in [9.17, 15) is 9.18 Å². The summed E-state index contributed by atoms with van der Waals surface area (Å²) in [5, 5.41) is 6.11. The second-order valence-electron chi connectivity index (χ2n) is 7.91. The molecule has 1 saturated carbocycles. The predicted octanol–water partition coefficient (Wildman–Crippen LogP) is 2.01. The Morgan fingerprint density at radius 2 is 2.03 bits per heavy atom. The third-order valence-electron chi connectivity index (χ3n) is 6.03. The summed E-state index contributed by atoms with van der Waals surface area (Å²) in [6.45, 7) is 3.68. The van der Waals surface area contributed by atoms with Gasteiger partial charge in [0.2, 0.25) is 0 Å². The Bertz CT molecular complexity index is 1080. The van der Waals surface area contributed by atoms with E-state index >= 15 is 0 Å². The van der Waals surface area contributed by atoms with Crippen molar-refractivity contribution >= 4 is 23.1 Å². The van der Waals surface area contributed by atoms with Gasteiger partial charge in [0, 0.05) is 43.0 Å². The summed E-state index contributed by atoms with van der Waals surface area (Å²) in [4.78, 5) is 27.4. The maximum atomic E-state index is 14.2. The molecule has 0 unspecified atom stereocenters. The van der Waals surface area contributed by atoms with E-state index < -0.39 is 11.7 Å². The zero-order valence-electron chi connectivity index (χ0n) is 16.3. The molecule has 9 heteroatoms. The van der Waals surface area contributed by atoms with Gasteiger partial charge in [0.15, 0.2) is 11.5 Å². The van der Waals surface area contributed by atoms with E-state index in [0.717, 1.165) is 18.9 Å². The SMILES string of the molecule is CNC1(C2CN(c3cnc(C(=O)Nc4cc(F)c5nc(C)cn5c4)cn3)C2)CC1. The van der Waals surface area contributed by atoms with E-state index in [1.54, 1.807) is 29.9 Å². The lowest BCUT2D eigenvalue weighted by Crippen LogP contribution is -2.57. The van der Waals surface area contributed by atoms with Crippen LogP contribution in [0.1, 0.15) is 29.0 Å². The molecule has 0 radical (unpaired) electrons. The first-order valence-electron chi connectivity index (χ1n) is 9.69. The summed E-state index contributed by atoms with van der Waals surface area (Å²) in [6.07, 6.45) is 8.86. The number of carbonyl (C=O) groups is 1. The van der Waals surface area contributed by atoms with Crippen molar-refractivity contribution in [3.05, 3.63) is 48.1 Å². The molecule has 4 heterocycles. The van der Waals surface area contributed by atoms with E-state index in [1.165, 1.54) is 25.1 Å². The highest BCUT2D eigenvalue weighted by atomic mass is 19.1. The van der Waals surface area contributed by atoms with Crippen LogP contribution in [0.5, 0.6) is 0 Å². The number of amides is 1. The second-order valence-corrected chi connectivity index (χ2v) is 7.91. The van der Waals surface area contributed by atoms with Gasteiger partial charge in [0.05, 0.1) is 23.8 Å². The topological polar surface area (TPSA) is 87.5 Å². The largest absolute Gasteiger partial charge is 0.355 e. The number of aromatic nitrogens is 4. The molecule has 0 bridgehead atoms. The Morgan fingerprint density at radius 3 is 2.69 bits per heavy atom. The molecule has 0 atom stereocenters. The molecule has 2 N–H and O–H groups in total. The molecular formula is C20H22FN7O. The van der Waals surface area contributed by atoms with E-state index in [4.69, 9.17) is 0 Å². The smallest absolute Gasteiger partial charge is 0.275 e. The van der Waals surface area contributed by atoms with E-state index in [2.05, 4.69) is 30.5 Å². The first-order chi connectivity index (χ1) is 14.0. The van der Waals surface area contributed by atoms with Crippen molar-refractivity contribution in [2.45, 2.75) is 25.3 Å². The fraction of sp³-hybridized carbons (Fsp3) is 0.400. The summed E-state index contributed by atoms with van der Waals surface area (Å²) in [6, 6.07) is 1.25. The predicted molar refractivity (Wildman–Crippen MR) is 107 cm³/mol. The van der Waals surface area contributed by atoms with Crippen LogP contribution in [0.4, 0.5) is 15.9 Å². The number of pyridine rings is 1. The molecule has 0 aromatic carbocycles. The minimum absolute atomic E-state index is 0.182. The number of nitrogens with one attached hydrogen (secondary N) is 2. The van der Waals surface area contributed by atoms with Gasteiger partial charge in [0.25, 0.3) is 5.91 Å². The Labute approximate surface area is 167 Å². The summed E-state index contributed by atoms with van der Waals surface area (Å²) in [7, 11) is 2.03. The molecule has 1 amide bonds. The van der Waals surface area contributed by atoms with Crippen molar-refractivity contribution in [2.75, 3.05) is 30.4 Å². The third-order valence-corrected chi connectivity index (χ3v) is 6.03. The first-order valence-corrected chi connectivity index (χ1v) is 9.69. The molecule has 1 aliphatic heterocycles. The molecule has 2 aliphatic rings. The molecule has 1 saturated heterocycles. The number of anilines is 2. The van der Waals surface area contributed by atoms with Crippen molar-refractivity contribution in [3.8, 4) is 0 Å². The summed E-state index contributed by atoms with van der Waals surface area (Å²) < 4.78 is 15.7. The van der Waals surface area contributed by atoms with Crippen LogP contribution in [0.3, 0.4) is 0 Å². The summed E-state index contributed by atoms with van der Waals surface area (Å²) >= 11 is 0. The number of rotatable bonds is 5. The van der Waals surface area contributed by atoms with E-state index in [1.807, 2.05) is 7.05 Å². The number of aryl methyl sites for hydroxylation is 1. The van der Waals surface area contributed by atoms with Crippen LogP contribution >= 0.6 is 0 Å². The first kappa shape index (κ1) is 18.0. The fourth-order valence-corrected chi connectivity index (χ4v) is 4.06. The average Bonchev–Trinajstić information content (AvgIpc) is 3.35. The molecule has 1 aliphatic carbocycles. The number of imidazole rings is 1. The van der Waals surface area contributed by atoms with Gasteiger partial charge in [-0.05, 0) is 26.8 Å². The molecule has 3 aromatic rings. The van der Waals surface area contributed by atoms with Crippen LogP contribution in [0, 0.1) is 18.7 Å². The molecule has 3 aromatic heterocycles. The highest BCUT2D eigenvalue weighted by molar-refractivity contribution is 6.02. The Hall–Kier alpha value is -3.07. The molecule has 150 valence electrons. The number of carbonyl (C=O) groups excluding carboxylic acids is 1. The number of hydrogen-bond donors (Lipinski definition) is 2. The average molecular weight is 395 g/mol. The van der Waals surface area contributed by atoms with Gasteiger partial charge in [-0.2, -0.15) is 0 Å². The van der Waals surface area contributed by atoms with Gasteiger partial charge in [-0.3, -0.25) is 4.79 Å². The standard InChI is InChI=1S/C20H22FN7O/c1-12-8-28-11-14(5-15(21)18(28)25-12)26-19(29)16-6-24-17(7-23-16)27-9-13(10-27)20(22-2)3-4-20/h5-8,11,13,22H,3-4,9-10H2,1-2H3,(H,26,29). The Balaban J connectivity index is 1.25. The van der Waals surface area contributed by atoms with Gasteiger partial charge < -0.3 is 19.9 Å². The van der Waals surface area contributed by atoms with Crippen molar-refractivity contribution in [1.29, 1.82) is 0 Å². The highest BCUT2D eigenvalue weighted by Gasteiger charge is 2.52. The van der Waals surface area contributed by atoms with Crippen LogP contribution in [0.15, 0.2) is 30.9 Å². The maximum Gasteiger partial charge on any atom is 0.275 e. The van der Waals surface area contributed by atoms with Crippen molar-refractivity contribution in [1.82, 2.24) is 24.7 Å². The van der Waals surface area contributed by atoms with Crippen LogP contribution in [0.25, 0.3) is 5.65 Å². The van der Waals surface area contributed by atoms with Gasteiger partial charge in [-0.1, -0.05) is 0 Å². The Morgan fingerprint density at radius 1 is 1.24 bits per heavy atom. The number of fused-ring (bicyclic) bond motifs is 1. The van der Waals surface area contributed by atoms with E-state index in [0.29, 0.717) is 22.8 Å². The van der Waals surface area contributed by atoms with Gasteiger partial charge in [0.1, 0.15) is 11.5 Å².